The van der Waals surface area contributed by atoms with Gasteiger partial charge in [-0.2, -0.15) is 5.26 Å². The van der Waals surface area contributed by atoms with E-state index in [9.17, 15) is 4.79 Å². The number of nitrogens with one attached hydrogen (secondary N) is 1. The quantitative estimate of drug-likeness (QED) is 0.917. The van der Waals surface area contributed by atoms with Crippen molar-refractivity contribution in [3.63, 3.8) is 0 Å². The van der Waals surface area contributed by atoms with Crippen LogP contribution in [0.4, 0.5) is 10.6 Å². The summed E-state index contributed by atoms with van der Waals surface area (Å²) in [6.45, 7) is 5.74. The van der Waals surface area contributed by atoms with Gasteiger partial charge in [0.25, 0.3) is 0 Å². The molecule has 2 amide bonds. The van der Waals surface area contributed by atoms with Crippen molar-refractivity contribution in [1.82, 2.24) is 15.2 Å². The first kappa shape index (κ1) is 17.5. The molecule has 6 heteroatoms. The third-order valence-electron chi connectivity index (χ3n) is 5.41. The highest BCUT2D eigenvalue weighted by molar-refractivity contribution is 5.74. The molecule has 2 aliphatic heterocycles. The summed E-state index contributed by atoms with van der Waals surface area (Å²) in [5, 5.41) is 12.1. The number of urea groups is 1. The standard InChI is InChI=1S/C19H27N5O/c1-2-15-4-3-9-24(14-15)19(25)22-17-7-10-23(11-8-17)18-6-5-16(12-20)13-21-18/h5-6,13,15,17H,2-4,7-11,14H2,1H3,(H,22,25). The Kier molecular flexibility index (Phi) is 5.75. The van der Waals surface area contributed by atoms with Gasteiger partial charge in [0.2, 0.25) is 0 Å². The molecule has 1 aromatic rings. The summed E-state index contributed by atoms with van der Waals surface area (Å²) in [5.41, 5.74) is 0.581. The summed E-state index contributed by atoms with van der Waals surface area (Å²) in [6.07, 6.45) is 6.99. The van der Waals surface area contributed by atoms with Gasteiger partial charge < -0.3 is 15.1 Å². The molecule has 0 spiro atoms. The summed E-state index contributed by atoms with van der Waals surface area (Å²) in [6, 6.07) is 6.14. The Morgan fingerprint density at radius 2 is 2.12 bits per heavy atom. The molecule has 0 aromatic carbocycles. The number of hydrogen-bond acceptors (Lipinski definition) is 4. The molecule has 0 radical (unpaired) electrons. The van der Waals surface area contributed by atoms with Crippen LogP contribution in [-0.4, -0.2) is 48.1 Å². The number of pyridine rings is 1. The Morgan fingerprint density at radius 3 is 2.76 bits per heavy atom. The normalized spacial score (nSPS) is 21.7. The largest absolute Gasteiger partial charge is 0.356 e. The monoisotopic (exact) mass is 341 g/mol. The van der Waals surface area contributed by atoms with Crippen LogP contribution in [0.3, 0.4) is 0 Å². The number of nitriles is 1. The lowest BCUT2D eigenvalue weighted by Crippen LogP contribution is -2.51. The molecule has 25 heavy (non-hydrogen) atoms. The van der Waals surface area contributed by atoms with Gasteiger partial charge in [-0.1, -0.05) is 13.3 Å². The zero-order valence-electron chi connectivity index (χ0n) is 14.9. The van der Waals surface area contributed by atoms with Crippen molar-refractivity contribution in [3.8, 4) is 6.07 Å². The summed E-state index contributed by atoms with van der Waals surface area (Å²) in [4.78, 5) is 21.1. The van der Waals surface area contributed by atoms with E-state index in [1.807, 2.05) is 11.0 Å². The molecule has 0 saturated carbocycles. The average molecular weight is 341 g/mol. The van der Waals surface area contributed by atoms with E-state index in [0.29, 0.717) is 11.5 Å². The number of aromatic nitrogens is 1. The molecule has 1 unspecified atom stereocenters. The Balaban J connectivity index is 1.47. The van der Waals surface area contributed by atoms with Crippen LogP contribution in [0.5, 0.6) is 0 Å². The van der Waals surface area contributed by atoms with Crippen molar-refractivity contribution in [1.29, 1.82) is 5.26 Å². The Hall–Kier alpha value is -2.29. The van der Waals surface area contributed by atoms with Crippen LogP contribution in [0.1, 0.15) is 44.6 Å². The second-order valence-corrected chi connectivity index (χ2v) is 7.09. The zero-order valence-corrected chi connectivity index (χ0v) is 14.9. The van der Waals surface area contributed by atoms with Crippen molar-refractivity contribution in [3.05, 3.63) is 23.9 Å². The average Bonchev–Trinajstić information content (AvgIpc) is 2.68. The van der Waals surface area contributed by atoms with Gasteiger partial charge in [-0.3, -0.25) is 0 Å². The Bertz CT molecular complexity index is 616. The molecule has 6 nitrogen and oxygen atoms in total. The van der Waals surface area contributed by atoms with Crippen LogP contribution in [-0.2, 0) is 0 Å². The molecule has 2 aliphatic rings. The van der Waals surface area contributed by atoms with Gasteiger partial charge in [0.1, 0.15) is 11.9 Å². The predicted molar refractivity (Wildman–Crippen MR) is 97.3 cm³/mol. The van der Waals surface area contributed by atoms with Crippen LogP contribution in [0, 0.1) is 17.2 Å². The van der Waals surface area contributed by atoms with Gasteiger partial charge in [-0.25, -0.2) is 9.78 Å². The van der Waals surface area contributed by atoms with Crippen molar-refractivity contribution in [2.24, 2.45) is 5.92 Å². The number of hydrogen-bond donors (Lipinski definition) is 1. The van der Waals surface area contributed by atoms with Gasteiger partial charge in [0, 0.05) is 38.4 Å². The van der Waals surface area contributed by atoms with E-state index in [2.05, 4.69) is 28.2 Å². The molecular weight excluding hydrogens is 314 g/mol. The first-order valence-corrected chi connectivity index (χ1v) is 9.36. The number of amides is 2. The molecule has 1 aromatic heterocycles. The summed E-state index contributed by atoms with van der Waals surface area (Å²) in [7, 11) is 0. The highest BCUT2D eigenvalue weighted by Gasteiger charge is 2.26. The molecule has 0 bridgehead atoms. The SMILES string of the molecule is CCC1CCCN(C(=O)NC2CCN(c3ccc(C#N)cn3)CC2)C1. The number of likely N-dealkylation sites (tertiary alicyclic amines) is 1. The molecule has 0 aliphatic carbocycles. The smallest absolute Gasteiger partial charge is 0.317 e. The Morgan fingerprint density at radius 1 is 1.32 bits per heavy atom. The molecular formula is C19H27N5O. The number of anilines is 1. The minimum absolute atomic E-state index is 0.105. The maximum absolute atomic E-state index is 12.5. The second kappa shape index (κ2) is 8.19. The van der Waals surface area contributed by atoms with E-state index in [1.54, 1.807) is 12.3 Å². The first-order valence-electron chi connectivity index (χ1n) is 9.36. The number of carbonyl (C=O) groups is 1. The van der Waals surface area contributed by atoms with Crippen LogP contribution < -0.4 is 10.2 Å². The van der Waals surface area contributed by atoms with Gasteiger partial charge in [0.05, 0.1) is 5.56 Å². The molecule has 134 valence electrons. The number of carbonyl (C=O) groups excluding carboxylic acids is 1. The summed E-state index contributed by atoms with van der Waals surface area (Å²) >= 11 is 0. The van der Waals surface area contributed by atoms with Gasteiger partial charge in [0.15, 0.2) is 0 Å². The van der Waals surface area contributed by atoms with E-state index in [4.69, 9.17) is 5.26 Å². The van der Waals surface area contributed by atoms with Crippen LogP contribution in [0.2, 0.25) is 0 Å². The van der Waals surface area contributed by atoms with Crippen molar-refractivity contribution in [2.45, 2.75) is 45.1 Å². The first-order chi connectivity index (χ1) is 12.2. The zero-order chi connectivity index (χ0) is 17.6. The van der Waals surface area contributed by atoms with E-state index in [1.165, 1.54) is 6.42 Å². The lowest BCUT2D eigenvalue weighted by molar-refractivity contribution is 0.159. The topological polar surface area (TPSA) is 72.3 Å². The second-order valence-electron chi connectivity index (χ2n) is 7.09. The van der Waals surface area contributed by atoms with Gasteiger partial charge in [-0.05, 0) is 43.7 Å². The highest BCUT2D eigenvalue weighted by atomic mass is 16.2. The van der Waals surface area contributed by atoms with E-state index < -0.39 is 0 Å². The van der Waals surface area contributed by atoms with Gasteiger partial charge in [-0.15, -0.1) is 0 Å². The molecule has 1 N–H and O–H groups in total. The fourth-order valence-corrected chi connectivity index (χ4v) is 3.74. The third kappa shape index (κ3) is 4.41. The minimum atomic E-state index is 0.105. The summed E-state index contributed by atoms with van der Waals surface area (Å²) in [5.74, 6) is 1.56. The molecule has 3 heterocycles. The maximum Gasteiger partial charge on any atom is 0.317 e. The number of nitrogens with zero attached hydrogens (tertiary/aromatic N) is 4. The molecule has 3 rings (SSSR count). The Labute approximate surface area is 149 Å². The van der Waals surface area contributed by atoms with Crippen LogP contribution in [0.25, 0.3) is 0 Å². The van der Waals surface area contributed by atoms with Crippen molar-refractivity contribution in [2.75, 3.05) is 31.1 Å². The predicted octanol–water partition coefficient (Wildman–Crippen LogP) is 2.75. The lowest BCUT2D eigenvalue weighted by Gasteiger charge is -2.36. The molecule has 2 saturated heterocycles. The van der Waals surface area contributed by atoms with E-state index in [0.717, 1.165) is 57.7 Å². The van der Waals surface area contributed by atoms with Crippen molar-refractivity contribution >= 4 is 11.8 Å². The minimum Gasteiger partial charge on any atom is -0.356 e. The molecule has 1 atom stereocenters. The van der Waals surface area contributed by atoms with Crippen molar-refractivity contribution < 1.29 is 4.79 Å². The van der Waals surface area contributed by atoms with E-state index in [-0.39, 0.29) is 12.1 Å². The maximum atomic E-state index is 12.5. The fraction of sp³-hybridized carbons (Fsp3) is 0.632. The van der Waals surface area contributed by atoms with Gasteiger partial charge >= 0.3 is 6.03 Å². The van der Waals surface area contributed by atoms with E-state index >= 15 is 0 Å². The summed E-state index contributed by atoms with van der Waals surface area (Å²) < 4.78 is 0. The fourth-order valence-electron chi connectivity index (χ4n) is 3.74. The lowest BCUT2D eigenvalue weighted by atomic mass is 9.96. The van der Waals surface area contributed by atoms with Crippen LogP contribution >= 0.6 is 0 Å². The molecule has 2 fully saturated rings. The number of piperidine rings is 2. The highest BCUT2D eigenvalue weighted by Crippen LogP contribution is 2.21. The number of rotatable bonds is 3. The third-order valence-corrected chi connectivity index (χ3v) is 5.41. The van der Waals surface area contributed by atoms with Crippen LogP contribution in [0.15, 0.2) is 18.3 Å².